The molecule has 0 fully saturated rings. The highest BCUT2D eigenvalue weighted by molar-refractivity contribution is 5.81. The maximum Gasteiger partial charge on any atom is 0.277 e. The van der Waals surface area contributed by atoms with Crippen molar-refractivity contribution in [1.29, 1.82) is 0 Å². The molecule has 0 unspecified atom stereocenters. The summed E-state index contributed by atoms with van der Waals surface area (Å²) in [6.45, 7) is 8.19. The molecule has 2 rings (SSSR count). The minimum atomic E-state index is -0.329. The van der Waals surface area contributed by atoms with Crippen molar-refractivity contribution in [2.24, 2.45) is 5.10 Å². The lowest BCUT2D eigenvalue weighted by Crippen LogP contribution is -2.24. The molecular weight excluding hydrogens is 292 g/mol. The predicted octanol–water partition coefficient (Wildman–Crippen LogP) is 3.41. The van der Waals surface area contributed by atoms with Crippen molar-refractivity contribution in [2.75, 3.05) is 6.61 Å². The van der Waals surface area contributed by atoms with E-state index in [-0.39, 0.29) is 17.9 Å². The quantitative estimate of drug-likeness (QED) is 0.679. The Hall–Kier alpha value is -2.56. The fourth-order valence-electron chi connectivity index (χ4n) is 1.92. The van der Waals surface area contributed by atoms with Gasteiger partial charge in [0.15, 0.2) is 6.61 Å². The van der Waals surface area contributed by atoms with Crippen LogP contribution in [-0.2, 0) is 10.2 Å². The Balaban J connectivity index is 1.79. The standard InChI is InChI=1S/C18H22N2O3/c1-13-5-8-16(23-13)11-19-20-17(21)12-22-15-9-6-14(7-10-15)18(2,3)4/h5-11H,12H2,1-4H3,(H,20,21). The van der Waals surface area contributed by atoms with Crippen LogP contribution in [0.1, 0.15) is 37.9 Å². The van der Waals surface area contributed by atoms with Crippen LogP contribution in [0.15, 0.2) is 45.9 Å². The molecule has 0 aliphatic carbocycles. The Kier molecular flexibility index (Phi) is 5.21. The number of hydrogen-bond acceptors (Lipinski definition) is 4. The summed E-state index contributed by atoms with van der Waals surface area (Å²) in [5.74, 6) is 1.70. The number of amides is 1. The first kappa shape index (κ1) is 16.8. The molecule has 1 amide bonds. The van der Waals surface area contributed by atoms with Crippen molar-refractivity contribution in [3.63, 3.8) is 0 Å². The molecule has 0 aliphatic heterocycles. The third-order valence-electron chi connectivity index (χ3n) is 3.23. The summed E-state index contributed by atoms with van der Waals surface area (Å²) >= 11 is 0. The van der Waals surface area contributed by atoms with E-state index in [9.17, 15) is 4.79 Å². The van der Waals surface area contributed by atoms with E-state index in [0.717, 1.165) is 5.76 Å². The van der Waals surface area contributed by atoms with E-state index in [1.807, 2.05) is 37.3 Å². The first-order valence-electron chi connectivity index (χ1n) is 7.46. The average Bonchev–Trinajstić information content (AvgIpc) is 2.90. The molecule has 2 aromatic rings. The molecule has 23 heavy (non-hydrogen) atoms. The normalized spacial score (nSPS) is 11.7. The van der Waals surface area contributed by atoms with Gasteiger partial charge in [-0.3, -0.25) is 4.79 Å². The predicted molar refractivity (Wildman–Crippen MR) is 89.8 cm³/mol. The van der Waals surface area contributed by atoms with Crippen LogP contribution < -0.4 is 10.2 Å². The van der Waals surface area contributed by atoms with Crippen molar-refractivity contribution in [3.05, 3.63) is 53.5 Å². The molecule has 1 N–H and O–H groups in total. The van der Waals surface area contributed by atoms with Gasteiger partial charge in [-0.15, -0.1) is 0 Å². The number of carbonyl (C=O) groups excluding carboxylic acids is 1. The van der Waals surface area contributed by atoms with E-state index in [1.54, 1.807) is 6.07 Å². The first-order valence-corrected chi connectivity index (χ1v) is 7.46. The monoisotopic (exact) mass is 314 g/mol. The van der Waals surface area contributed by atoms with Gasteiger partial charge in [-0.1, -0.05) is 32.9 Å². The summed E-state index contributed by atoms with van der Waals surface area (Å²) in [5, 5.41) is 3.82. The lowest BCUT2D eigenvalue weighted by molar-refractivity contribution is -0.123. The molecule has 122 valence electrons. The molecule has 1 aromatic carbocycles. The third-order valence-corrected chi connectivity index (χ3v) is 3.23. The van der Waals surface area contributed by atoms with Gasteiger partial charge in [-0.05, 0) is 42.2 Å². The van der Waals surface area contributed by atoms with Crippen molar-refractivity contribution in [1.82, 2.24) is 5.43 Å². The van der Waals surface area contributed by atoms with Gasteiger partial charge in [-0.2, -0.15) is 5.10 Å². The van der Waals surface area contributed by atoms with Crippen LogP contribution in [0.25, 0.3) is 0 Å². The molecule has 0 saturated heterocycles. The van der Waals surface area contributed by atoms with E-state index in [4.69, 9.17) is 9.15 Å². The zero-order valence-electron chi connectivity index (χ0n) is 13.9. The van der Waals surface area contributed by atoms with Crippen molar-refractivity contribution in [3.8, 4) is 5.75 Å². The highest BCUT2D eigenvalue weighted by Gasteiger charge is 2.13. The van der Waals surface area contributed by atoms with Crippen LogP contribution in [0, 0.1) is 6.92 Å². The van der Waals surface area contributed by atoms with Crippen molar-refractivity contribution >= 4 is 12.1 Å². The molecular formula is C18H22N2O3. The van der Waals surface area contributed by atoms with E-state index < -0.39 is 0 Å². The number of hydrogen-bond donors (Lipinski definition) is 1. The van der Waals surface area contributed by atoms with Gasteiger partial charge in [0.25, 0.3) is 5.91 Å². The highest BCUT2D eigenvalue weighted by atomic mass is 16.5. The zero-order valence-corrected chi connectivity index (χ0v) is 13.9. The number of rotatable bonds is 5. The topological polar surface area (TPSA) is 63.8 Å². The van der Waals surface area contributed by atoms with Crippen LogP contribution in [0.2, 0.25) is 0 Å². The van der Waals surface area contributed by atoms with Gasteiger partial charge < -0.3 is 9.15 Å². The largest absolute Gasteiger partial charge is 0.484 e. The number of nitrogens with zero attached hydrogens (tertiary/aromatic N) is 1. The molecule has 0 aliphatic rings. The van der Waals surface area contributed by atoms with E-state index in [1.165, 1.54) is 11.8 Å². The molecule has 1 heterocycles. The molecule has 5 nitrogen and oxygen atoms in total. The molecule has 0 saturated carbocycles. The van der Waals surface area contributed by atoms with Gasteiger partial charge in [0.1, 0.15) is 17.3 Å². The maximum absolute atomic E-state index is 11.7. The van der Waals surface area contributed by atoms with E-state index >= 15 is 0 Å². The molecule has 0 bridgehead atoms. The summed E-state index contributed by atoms with van der Waals surface area (Å²) in [5.41, 5.74) is 3.70. The Morgan fingerprint density at radius 1 is 1.22 bits per heavy atom. The van der Waals surface area contributed by atoms with Gasteiger partial charge in [0.05, 0.1) is 6.21 Å². The smallest absolute Gasteiger partial charge is 0.277 e. The number of aryl methyl sites for hydroxylation is 1. The Labute approximate surface area is 136 Å². The van der Waals surface area contributed by atoms with Gasteiger partial charge in [0.2, 0.25) is 0 Å². The molecule has 5 heteroatoms. The number of nitrogens with one attached hydrogen (secondary N) is 1. The number of furan rings is 1. The molecule has 0 atom stereocenters. The zero-order chi connectivity index (χ0) is 16.9. The summed E-state index contributed by atoms with van der Waals surface area (Å²) < 4.78 is 10.7. The minimum absolute atomic E-state index is 0.0921. The van der Waals surface area contributed by atoms with E-state index in [2.05, 4.69) is 31.3 Å². The minimum Gasteiger partial charge on any atom is -0.484 e. The Morgan fingerprint density at radius 2 is 1.91 bits per heavy atom. The average molecular weight is 314 g/mol. The van der Waals surface area contributed by atoms with Crippen LogP contribution in [0.4, 0.5) is 0 Å². The third kappa shape index (κ3) is 5.29. The fourth-order valence-corrected chi connectivity index (χ4v) is 1.92. The number of benzene rings is 1. The Morgan fingerprint density at radius 3 is 2.48 bits per heavy atom. The fraction of sp³-hybridized carbons (Fsp3) is 0.333. The second kappa shape index (κ2) is 7.13. The first-order chi connectivity index (χ1) is 10.8. The van der Waals surface area contributed by atoms with Crippen molar-refractivity contribution in [2.45, 2.75) is 33.1 Å². The van der Waals surface area contributed by atoms with Crippen LogP contribution in [0.3, 0.4) is 0 Å². The number of ether oxygens (including phenoxy) is 1. The highest BCUT2D eigenvalue weighted by Crippen LogP contribution is 2.24. The van der Waals surface area contributed by atoms with Gasteiger partial charge in [-0.25, -0.2) is 5.43 Å². The number of carbonyl (C=O) groups is 1. The molecule has 1 aromatic heterocycles. The van der Waals surface area contributed by atoms with Crippen LogP contribution in [-0.4, -0.2) is 18.7 Å². The lowest BCUT2D eigenvalue weighted by atomic mass is 9.87. The Bertz CT molecular complexity index is 679. The van der Waals surface area contributed by atoms with Crippen molar-refractivity contribution < 1.29 is 13.9 Å². The van der Waals surface area contributed by atoms with Gasteiger partial charge >= 0.3 is 0 Å². The van der Waals surface area contributed by atoms with Gasteiger partial charge in [0, 0.05) is 0 Å². The second-order valence-electron chi connectivity index (χ2n) is 6.30. The number of hydrazone groups is 1. The second-order valence-corrected chi connectivity index (χ2v) is 6.30. The van der Waals surface area contributed by atoms with E-state index in [0.29, 0.717) is 11.5 Å². The summed E-state index contributed by atoms with van der Waals surface area (Å²) in [7, 11) is 0. The summed E-state index contributed by atoms with van der Waals surface area (Å²) in [6, 6.07) is 11.3. The molecule has 0 spiro atoms. The lowest BCUT2D eigenvalue weighted by Gasteiger charge is -2.19. The van der Waals surface area contributed by atoms with Crippen LogP contribution in [0.5, 0.6) is 5.75 Å². The molecule has 0 radical (unpaired) electrons. The maximum atomic E-state index is 11.7. The van der Waals surface area contributed by atoms with Crippen LogP contribution >= 0.6 is 0 Å². The SMILES string of the molecule is Cc1ccc(C=NNC(=O)COc2ccc(C(C)(C)C)cc2)o1. The summed E-state index contributed by atoms with van der Waals surface area (Å²) in [6.07, 6.45) is 1.45. The summed E-state index contributed by atoms with van der Waals surface area (Å²) in [4.78, 5) is 11.7.